The Labute approximate surface area is 77.9 Å². The number of carboxylic acid groups (broad SMARTS) is 1. The normalized spacial score (nSPS) is 15.8. The molecule has 0 saturated heterocycles. The summed E-state index contributed by atoms with van der Waals surface area (Å²) in [6.07, 6.45) is 4.01. The lowest BCUT2D eigenvalue weighted by atomic mass is 10.1. The van der Waals surface area contributed by atoms with Gasteiger partial charge in [0, 0.05) is 0 Å². The van der Waals surface area contributed by atoms with Crippen molar-refractivity contribution in [2.45, 2.75) is 32.6 Å². The topological polar surface area (TPSA) is 63.6 Å². The molecule has 0 radical (unpaired) electrons. The molecule has 1 aliphatic carbocycles. The maximum atomic E-state index is 10.2. The minimum atomic E-state index is -0.609. The van der Waals surface area contributed by atoms with Crippen LogP contribution in [0.1, 0.15) is 32.6 Å². The van der Waals surface area contributed by atoms with Crippen LogP contribution in [0, 0.1) is 5.92 Å². The smallest absolute Gasteiger partial charge is 0.306 e. The Morgan fingerprint density at radius 2 is 2.08 bits per heavy atom. The number of hydrogen-bond acceptors (Lipinski definition) is 3. The highest BCUT2D eigenvalue weighted by Crippen LogP contribution is 2.24. The maximum Gasteiger partial charge on any atom is 0.306 e. The first kappa shape index (κ1) is 11.9. The Morgan fingerprint density at radius 1 is 1.54 bits per heavy atom. The molecule has 1 aliphatic rings. The van der Waals surface area contributed by atoms with Crippen molar-refractivity contribution in [1.82, 2.24) is 0 Å². The van der Waals surface area contributed by atoms with Gasteiger partial charge in [-0.1, -0.05) is 12.8 Å². The molecule has 1 N–H and O–H groups in total. The van der Waals surface area contributed by atoms with E-state index in [9.17, 15) is 9.59 Å². The van der Waals surface area contributed by atoms with Gasteiger partial charge in [0.1, 0.15) is 0 Å². The summed E-state index contributed by atoms with van der Waals surface area (Å²) in [6, 6.07) is 0. The standard InChI is InChI=1S/C6H10O2.C3H6O2/c7-6(8)5-3-1-2-4-5;1-2-5-3-4/h5H,1-4H2,(H,7,8);3H,2H2,1H3. The van der Waals surface area contributed by atoms with Crippen LogP contribution in [0.25, 0.3) is 0 Å². The number of carboxylic acids is 1. The lowest BCUT2D eigenvalue weighted by molar-refractivity contribution is -0.141. The first-order valence-electron chi connectivity index (χ1n) is 4.50. The van der Waals surface area contributed by atoms with Gasteiger partial charge in [-0.05, 0) is 19.8 Å². The van der Waals surface area contributed by atoms with Crippen LogP contribution in [0.5, 0.6) is 0 Å². The summed E-state index contributed by atoms with van der Waals surface area (Å²) in [5, 5.41) is 8.41. The molecule has 0 spiro atoms. The summed E-state index contributed by atoms with van der Waals surface area (Å²) in [6.45, 7) is 2.66. The Balaban J connectivity index is 0.000000252. The molecular formula is C9H16O4. The van der Waals surface area contributed by atoms with Crippen LogP contribution in [-0.2, 0) is 14.3 Å². The van der Waals surface area contributed by atoms with E-state index in [0.717, 1.165) is 25.7 Å². The molecular weight excluding hydrogens is 172 g/mol. The van der Waals surface area contributed by atoms with Crippen LogP contribution in [-0.4, -0.2) is 24.2 Å². The first-order valence-corrected chi connectivity index (χ1v) is 4.50. The van der Waals surface area contributed by atoms with E-state index in [4.69, 9.17) is 5.11 Å². The summed E-state index contributed by atoms with van der Waals surface area (Å²) < 4.78 is 4.15. The second-order valence-electron chi connectivity index (χ2n) is 2.87. The fourth-order valence-electron chi connectivity index (χ4n) is 1.24. The Kier molecular flexibility index (Phi) is 6.96. The monoisotopic (exact) mass is 188 g/mol. The van der Waals surface area contributed by atoms with Gasteiger partial charge in [-0.2, -0.15) is 0 Å². The van der Waals surface area contributed by atoms with Crippen molar-refractivity contribution >= 4 is 12.4 Å². The highest BCUT2D eigenvalue weighted by molar-refractivity contribution is 5.70. The molecule has 0 bridgehead atoms. The summed E-state index contributed by atoms with van der Waals surface area (Å²) in [5.41, 5.74) is 0. The summed E-state index contributed by atoms with van der Waals surface area (Å²) >= 11 is 0. The molecule has 1 fully saturated rings. The molecule has 0 aromatic carbocycles. The fourth-order valence-corrected chi connectivity index (χ4v) is 1.24. The van der Waals surface area contributed by atoms with Crippen LogP contribution >= 0.6 is 0 Å². The van der Waals surface area contributed by atoms with Crippen molar-refractivity contribution < 1.29 is 19.4 Å². The van der Waals surface area contributed by atoms with E-state index in [0.29, 0.717) is 13.1 Å². The van der Waals surface area contributed by atoms with Crippen LogP contribution < -0.4 is 0 Å². The lowest BCUT2D eigenvalue weighted by Gasteiger charge is -1.97. The zero-order chi connectivity index (χ0) is 10.1. The summed E-state index contributed by atoms with van der Waals surface area (Å²) in [7, 11) is 0. The SMILES string of the molecule is CCOC=O.O=C(O)C1CCCC1. The Hall–Kier alpha value is -1.06. The van der Waals surface area contributed by atoms with Gasteiger partial charge in [-0.25, -0.2) is 0 Å². The minimum absolute atomic E-state index is 0.0185. The second-order valence-corrected chi connectivity index (χ2v) is 2.87. The largest absolute Gasteiger partial charge is 0.481 e. The number of carbonyl (C=O) groups excluding carboxylic acids is 1. The molecule has 13 heavy (non-hydrogen) atoms. The molecule has 0 aromatic rings. The second kappa shape index (κ2) is 7.58. The van der Waals surface area contributed by atoms with Crippen LogP contribution in [0.15, 0.2) is 0 Å². The van der Waals surface area contributed by atoms with Gasteiger partial charge in [-0.3, -0.25) is 9.59 Å². The van der Waals surface area contributed by atoms with E-state index in [2.05, 4.69) is 4.74 Å². The number of ether oxygens (including phenoxy) is 1. The van der Waals surface area contributed by atoms with E-state index in [1.165, 1.54) is 0 Å². The molecule has 4 heteroatoms. The average molecular weight is 188 g/mol. The van der Waals surface area contributed by atoms with Crippen molar-refractivity contribution in [3.05, 3.63) is 0 Å². The van der Waals surface area contributed by atoms with Crippen molar-refractivity contribution in [3.8, 4) is 0 Å². The molecule has 0 aromatic heterocycles. The first-order chi connectivity index (χ1) is 6.22. The van der Waals surface area contributed by atoms with Crippen molar-refractivity contribution in [1.29, 1.82) is 0 Å². The Morgan fingerprint density at radius 3 is 2.23 bits per heavy atom. The highest BCUT2D eigenvalue weighted by Gasteiger charge is 2.20. The number of rotatable bonds is 3. The molecule has 0 aliphatic heterocycles. The van der Waals surface area contributed by atoms with Gasteiger partial charge in [-0.15, -0.1) is 0 Å². The van der Waals surface area contributed by atoms with Gasteiger partial charge in [0.15, 0.2) is 0 Å². The van der Waals surface area contributed by atoms with Gasteiger partial charge in [0.05, 0.1) is 12.5 Å². The zero-order valence-electron chi connectivity index (χ0n) is 7.86. The van der Waals surface area contributed by atoms with Crippen LogP contribution in [0.2, 0.25) is 0 Å². The molecule has 0 amide bonds. The Bertz CT molecular complexity index is 150. The number of aliphatic carboxylic acids is 1. The number of hydrogen-bond donors (Lipinski definition) is 1. The molecule has 0 heterocycles. The molecule has 1 rings (SSSR count). The lowest BCUT2D eigenvalue weighted by Crippen LogP contribution is -2.07. The zero-order valence-corrected chi connectivity index (χ0v) is 7.86. The molecule has 0 atom stereocenters. The highest BCUT2D eigenvalue weighted by atomic mass is 16.5. The molecule has 76 valence electrons. The van der Waals surface area contributed by atoms with E-state index in [-0.39, 0.29) is 5.92 Å². The number of carbonyl (C=O) groups is 2. The van der Waals surface area contributed by atoms with E-state index >= 15 is 0 Å². The molecule has 4 nitrogen and oxygen atoms in total. The quantitative estimate of drug-likeness (QED) is 0.681. The van der Waals surface area contributed by atoms with Crippen molar-refractivity contribution in [2.75, 3.05) is 6.61 Å². The third-order valence-electron chi connectivity index (χ3n) is 1.94. The fraction of sp³-hybridized carbons (Fsp3) is 0.778. The molecule has 1 saturated carbocycles. The van der Waals surface area contributed by atoms with Gasteiger partial charge in [0.2, 0.25) is 0 Å². The van der Waals surface area contributed by atoms with Crippen molar-refractivity contribution in [3.63, 3.8) is 0 Å². The predicted molar refractivity (Wildman–Crippen MR) is 47.3 cm³/mol. The predicted octanol–water partition coefficient (Wildman–Crippen LogP) is 1.44. The maximum absolute atomic E-state index is 10.2. The minimum Gasteiger partial charge on any atom is -0.481 e. The van der Waals surface area contributed by atoms with E-state index in [1.807, 2.05) is 0 Å². The van der Waals surface area contributed by atoms with Crippen LogP contribution in [0.4, 0.5) is 0 Å². The van der Waals surface area contributed by atoms with Gasteiger partial charge in [0.25, 0.3) is 6.47 Å². The van der Waals surface area contributed by atoms with Crippen LogP contribution in [0.3, 0.4) is 0 Å². The summed E-state index contributed by atoms with van der Waals surface area (Å²) in [4.78, 5) is 19.4. The van der Waals surface area contributed by atoms with Gasteiger partial charge < -0.3 is 9.84 Å². The molecule has 0 unspecified atom stereocenters. The third kappa shape index (κ3) is 6.13. The van der Waals surface area contributed by atoms with E-state index in [1.54, 1.807) is 6.92 Å². The third-order valence-corrected chi connectivity index (χ3v) is 1.94. The van der Waals surface area contributed by atoms with E-state index < -0.39 is 5.97 Å². The van der Waals surface area contributed by atoms with Gasteiger partial charge >= 0.3 is 5.97 Å². The van der Waals surface area contributed by atoms with Crippen molar-refractivity contribution in [2.24, 2.45) is 5.92 Å². The summed E-state index contributed by atoms with van der Waals surface area (Å²) in [5.74, 6) is -0.627. The average Bonchev–Trinajstić information content (AvgIpc) is 2.58.